The third-order valence-electron chi connectivity index (χ3n) is 6.21. The van der Waals surface area contributed by atoms with Crippen LogP contribution in [0.15, 0.2) is 40.3 Å². The van der Waals surface area contributed by atoms with Crippen LogP contribution in [0, 0.1) is 5.92 Å². The summed E-state index contributed by atoms with van der Waals surface area (Å²) in [6.07, 6.45) is 0.630. The number of aliphatic carboxylic acids is 1. The Balaban J connectivity index is 1.68. The first kappa shape index (κ1) is 23.4. The summed E-state index contributed by atoms with van der Waals surface area (Å²) in [4.78, 5) is 26.3. The van der Waals surface area contributed by atoms with E-state index in [1.807, 2.05) is 25.1 Å². The van der Waals surface area contributed by atoms with Gasteiger partial charge in [0.2, 0.25) is 5.91 Å². The summed E-state index contributed by atoms with van der Waals surface area (Å²) in [5, 5.41) is 9.63. The van der Waals surface area contributed by atoms with Crippen LogP contribution in [0.1, 0.15) is 33.3 Å². The Labute approximate surface area is 188 Å². The number of hydrogen-bond donors (Lipinski definition) is 1. The van der Waals surface area contributed by atoms with E-state index < -0.39 is 14.3 Å². The zero-order valence-corrected chi connectivity index (χ0v) is 21.1. The average molecular weight is 466 g/mol. The van der Waals surface area contributed by atoms with Gasteiger partial charge < -0.3 is 9.53 Å². The first-order valence-electron chi connectivity index (χ1n) is 10.3. The van der Waals surface area contributed by atoms with Gasteiger partial charge in [-0.1, -0.05) is 62.9 Å². The summed E-state index contributed by atoms with van der Waals surface area (Å²) in [5.74, 6) is -0.684. The molecule has 1 aromatic rings. The smallest absolute Gasteiger partial charge is 0.354 e. The van der Waals surface area contributed by atoms with Gasteiger partial charge >= 0.3 is 5.97 Å². The third kappa shape index (κ3) is 4.51. The molecule has 2 aliphatic rings. The predicted octanol–water partition coefficient (Wildman–Crippen LogP) is 5.16. The van der Waals surface area contributed by atoms with Crippen molar-refractivity contribution >= 4 is 43.7 Å². The molecule has 1 amide bonds. The zero-order chi connectivity index (χ0) is 22.3. The molecular formula is C22H31NO4S2Si. The van der Waals surface area contributed by atoms with Crippen LogP contribution in [0.2, 0.25) is 18.1 Å². The van der Waals surface area contributed by atoms with Gasteiger partial charge in [0.1, 0.15) is 5.37 Å². The molecule has 8 heteroatoms. The molecule has 0 aliphatic carbocycles. The molecule has 5 nitrogen and oxygen atoms in total. The van der Waals surface area contributed by atoms with Crippen LogP contribution in [0.5, 0.6) is 0 Å². The van der Waals surface area contributed by atoms with Crippen LogP contribution in [0.25, 0.3) is 0 Å². The fourth-order valence-electron chi connectivity index (χ4n) is 3.46. The lowest BCUT2D eigenvalue weighted by molar-refractivity contribution is -0.156. The fraction of sp³-hybridized carbons (Fsp3) is 0.545. The standard InChI is InChI=1S/C22H31NO4S2Si/c1-14(27-30(5,6)22(2,3)4)16-18(24)23-17(20(25)26)21(29-19(16)23)28-13-12-15-10-8-7-9-11-15/h7-11,14,16,19H,12-13H2,1-6H3,(H,25,26)/t14-,16+,19+/m0/s1. The van der Waals surface area contributed by atoms with Crippen LogP contribution in [-0.2, 0) is 20.4 Å². The molecule has 2 aliphatic heterocycles. The summed E-state index contributed by atoms with van der Waals surface area (Å²) >= 11 is 3.04. The molecule has 0 saturated carbocycles. The van der Waals surface area contributed by atoms with E-state index in [0.29, 0.717) is 0 Å². The highest BCUT2D eigenvalue weighted by molar-refractivity contribution is 8.22. The SMILES string of the molecule is C[C@H](O[Si](C)(C)C(C)(C)C)[C@@H]1C(=O)N2C(C(=O)O)=C(SCCc3ccccc3)S[C@H]12. The Kier molecular flexibility index (Phi) is 6.82. The van der Waals surface area contributed by atoms with E-state index in [1.165, 1.54) is 34.0 Å². The number of carbonyl (C=O) groups excluding carboxylic acids is 1. The highest BCUT2D eigenvalue weighted by atomic mass is 32.2. The van der Waals surface area contributed by atoms with Gasteiger partial charge in [-0.2, -0.15) is 0 Å². The van der Waals surface area contributed by atoms with Crippen molar-refractivity contribution in [2.24, 2.45) is 5.92 Å². The van der Waals surface area contributed by atoms with Gasteiger partial charge in [-0.05, 0) is 37.0 Å². The number of hydrogen-bond acceptors (Lipinski definition) is 5. The average Bonchev–Trinajstić information content (AvgIpc) is 2.96. The van der Waals surface area contributed by atoms with E-state index in [9.17, 15) is 14.7 Å². The van der Waals surface area contributed by atoms with Gasteiger partial charge in [-0.15, -0.1) is 11.8 Å². The molecule has 1 N–H and O–H groups in total. The summed E-state index contributed by atoms with van der Waals surface area (Å²) in [6, 6.07) is 10.1. The topological polar surface area (TPSA) is 66.8 Å². The van der Waals surface area contributed by atoms with Crippen LogP contribution >= 0.6 is 23.5 Å². The Hall–Kier alpha value is -1.22. The molecule has 1 saturated heterocycles. The van der Waals surface area contributed by atoms with Crippen molar-refractivity contribution in [1.29, 1.82) is 0 Å². The van der Waals surface area contributed by atoms with Crippen molar-refractivity contribution in [2.75, 3.05) is 5.75 Å². The van der Waals surface area contributed by atoms with Gasteiger partial charge in [-0.25, -0.2) is 4.79 Å². The normalized spacial score (nSPS) is 22.7. The number of thioether (sulfide) groups is 2. The molecule has 2 heterocycles. The molecule has 0 bridgehead atoms. The van der Waals surface area contributed by atoms with Gasteiger partial charge in [0.05, 0.1) is 16.3 Å². The highest BCUT2D eigenvalue weighted by Crippen LogP contribution is 2.54. The monoisotopic (exact) mass is 465 g/mol. The fourth-order valence-corrected chi connectivity index (χ4v) is 7.87. The number of benzene rings is 1. The first-order valence-corrected chi connectivity index (χ1v) is 15.0. The number of carboxylic acids is 1. The molecule has 30 heavy (non-hydrogen) atoms. The summed E-state index contributed by atoms with van der Waals surface area (Å²) in [5.41, 5.74) is 1.36. The van der Waals surface area contributed by atoms with Crippen LogP contribution in [0.4, 0.5) is 0 Å². The number of carboxylic acid groups (broad SMARTS) is 1. The largest absolute Gasteiger partial charge is 0.477 e. The number of carbonyl (C=O) groups is 2. The molecule has 0 aromatic heterocycles. The molecule has 164 valence electrons. The predicted molar refractivity (Wildman–Crippen MR) is 127 cm³/mol. The van der Waals surface area contributed by atoms with Crippen molar-refractivity contribution in [3.8, 4) is 0 Å². The molecule has 1 fully saturated rings. The lowest BCUT2D eigenvalue weighted by Gasteiger charge is -2.48. The van der Waals surface area contributed by atoms with Crippen molar-refractivity contribution < 1.29 is 19.1 Å². The zero-order valence-electron chi connectivity index (χ0n) is 18.5. The Morgan fingerprint density at radius 1 is 1.30 bits per heavy atom. The summed E-state index contributed by atoms with van der Waals surface area (Å²) in [6.45, 7) is 12.8. The Bertz CT molecular complexity index is 850. The second-order valence-corrected chi connectivity index (χ2v) is 16.6. The van der Waals surface area contributed by atoms with E-state index in [1.54, 1.807) is 0 Å². The van der Waals surface area contributed by atoms with Crippen LogP contribution < -0.4 is 0 Å². The van der Waals surface area contributed by atoms with Crippen molar-refractivity contribution in [3.05, 3.63) is 45.8 Å². The number of aryl methyl sites for hydroxylation is 1. The first-order chi connectivity index (χ1) is 13.9. The van der Waals surface area contributed by atoms with Gasteiger partial charge in [0.25, 0.3) is 0 Å². The molecular weight excluding hydrogens is 434 g/mol. The number of rotatable bonds is 8. The number of fused-ring (bicyclic) bond motifs is 1. The van der Waals surface area contributed by atoms with Crippen LogP contribution in [-0.4, -0.2) is 47.4 Å². The molecule has 0 spiro atoms. The van der Waals surface area contributed by atoms with E-state index in [0.717, 1.165) is 16.4 Å². The second kappa shape index (κ2) is 8.73. The summed E-state index contributed by atoms with van der Waals surface area (Å²) < 4.78 is 7.20. The van der Waals surface area contributed by atoms with Gasteiger partial charge in [-0.3, -0.25) is 9.69 Å². The minimum Gasteiger partial charge on any atom is -0.477 e. The van der Waals surface area contributed by atoms with Gasteiger partial charge in [0.15, 0.2) is 14.0 Å². The molecule has 3 atom stereocenters. The van der Waals surface area contributed by atoms with Crippen molar-refractivity contribution in [1.82, 2.24) is 4.90 Å². The third-order valence-corrected chi connectivity index (χ3v) is 13.4. The maximum absolute atomic E-state index is 12.9. The molecule has 0 unspecified atom stereocenters. The van der Waals surface area contributed by atoms with E-state index in [4.69, 9.17) is 4.43 Å². The molecule has 3 rings (SSSR count). The van der Waals surface area contributed by atoms with E-state index in [-0.39, 0.29) is 34.0 Å². The van der Waals surface area contributed by atoms with E-state index >= 15 is 0 Å². The Morgan fingerprint density at radius 2 is 1.93 bits per heavy atom. The van der Waals surface area contributed by atoms with Gasteiger partial charge in [0, 0.05) is 5.75 Å². The highest BCUT2D eigenvalue weighted by Gasteiger charge is 2.59. The lowest BCUT2D eigenvalue weighted by Crippen LogP contribution is -2.62. The number of β-lactam (4-membered cyclic amide) rings is 1. The maximum atomic E-state index is 12.9. The quantitative estimate of drug-likeness (QED) is 0.423. The maximum Gasteiger partial charge on any atom is 0.354 e. The van der Waals surface area contributed by atoms with E-state index in [2.05, 4.69) is 46.0 Å². The number of nitrogens with zero attached hydrogens (tertiary/aromatic N) is 1. The van der Waals surface area contributed by atoms with Crippen molar-refractivity contribution in [2.45, 2.75) is 63.7 Å². The lowest BCUT2D eigenvalue weighted by atomic mass is 9.92. The Morgan fingerprint density at radius 3 is 2.50 bits per heavy atom. The molecule has 0 radical (unpaired) electrons. The van der Waals surface area contributed by atoms with Crippen LogP contribution in [0.3, 0.4) is 0 Å². The minimum absolute atomic E-state index is 0.0550. The number of amides is 1. The van der Waals surface area contributed by atoms with Crippen molar-refractivity contribution in [3.63, 3.8) is 0 Å². The molecule has 1 aromatic carbocycles. The second-order valence-electron chi connectivity index (χ2n) is 9.35. The minimum atomic E-state index is -2.02. The summed E-state index contributed by atoms with van der Waals surface area (Å²) in [7, 11) is -2.02.